The van der Waals surface area contributed by atoms with E-state index in [1.165, 1.54) is 12.4 Å². The monoisotopic (exact) mass is 470 g/mol. The van der Waals surface area contributed by atoms with Gasteiger partial charge in [-0.15, -0.1) is 12.4 Å². The van der Waals surface area contributed by atoms with E-state index in [2.05, 4.69) is 20.4 Å². The minimum absolute atomic E-state index is 0. The first-order chi connectivity index (χ1) is 14.4. The minimum atomic E-state index is -1.23. The highest BCUT2D eigenvalue weighted by atomic mass is 35.5. The quantitative estimate of drug-likeness (QED) is 0.671. The number of carbonyl (C=O) groups is 1. The van der Waals surface area contributed by atoms with Crippen molar-refractivity contribution in [3.05, 3.63) is 35.0 Å². The second-order valence-electron chi connectivity index (χ2n) is 7.59. The predicted octanol–water partition coefficient (Wildman–Crippen LogP) is 3.05. The molecule has 2 aliphatic rings. The van der Waals surface area contributed by atoms with Crippen molar-refractivity contribution >= 4 is 46.8 Å². The highest BCUT2D eigenvalue weighted by Crippen LogP contribution is 2.52. The van der Waals surface area contributed by atoms with Gasteiger partial charge in [-0.25, -0.2) is 19.0 Å². The third kappa shape index (κ3) is 3.79. The molecule has 0 radical (unpaired) electrons. The number of amides is 1. The molecule has 1 saturated heterocycles. The van der Waals surface area contributed by atoms with Crippen LogP contribution in [-0.4, -0.2) is 44.9 Å². The van der Waals surface area contributed by atoms with Gasteiger partial charge in [-0.1, -0.05) is 17.7 Å². The van der Waals surface area contributed by atoms with Crippen LogP contribution in [0.25, 0.3) is 11.0 Å². The maximum atomic E-state index is 15.7. The third-order valence-corrected chi connectivity index (χ3v) is 6.32. The summed E-state index contributed by atoms with van der Waals surface area (Å²) in [6.07, 6.45) is 4.75. The third-order valence-electron chi connectivity index (χ3n) is 6.03. The summed E-state index contributed by atoms with van der Waals surface area (Å²) in [7, 11) is 0. The summed E-state index contributed by atoms with van der Waals surface area (Å²) in [6, 6.07) is 0. The first kappa shape index (κ1) is 23.4. The van der Waals surface area contributed by atoms with Crippen LogP contribution < -0.4 is 11.1 Å². The molecule has 0 bridgehead atoms. The number of hydrogen-bond acceptors (Lipinski definition) is 6. The molecule has 8 nitrogen and oxygen atoms in total. The number of nitrogen functional groups attached to an aromatic ring is 1. The van der Waals surface area contributed by atoms with E-state index in [-0.39, 0.29) is 29.8 Å². The molecule has 0 saturated carbocycles. The normalized spacial score (nSPS) is 25.7. The Labute approximate surface area is 190 Å². The van der Waals surface area contributed by atoms with Gasteiger partial charge in [0.25, 0.3) is 0 Å². The van der Waals surface area contributed by atoms with Gasteiger partial charge in [0.05, 0.1) is 33.5 Å². The molecule has 168 valence electrons. The van der Waals surface area contributed by atoms with E-state index in [1.54, 1.807) is 10.8 Å². The van der Waals surface area contributed by atoms with E-state index in [9.17, 15) is 4.79 Å². The maximum absolute atomic E-state index is 15.7. The number of anilines is 1. The number of nitrogens with two attached hydrogens (primary N) is 1. The van der Waals surface area contributed by atoms with Gasteiger partial charge in [0.2, 0.25) is 5.91 Å². The van der Waals surface area contributed by atoms with Crippen molar-refractivity contribution in [1.29, 1.82) is 0 Å². The highest BCUT2D eigenvalue weighted by Gasteiger charge is 2.55. The lowest BCUT2D eigenvalue weighted by molar-refractivity contribution is -0.130. The second-order valence-corrected chi connectivity index (χ2v) is 7.99. The van der Waals surface area contributed by atoms with Crippen molar-refractivity contribution < 1.29 is 13.9 Å². The Bertz CT molecular complexity index is 1060. The van der Waals surface area contributed by atoms with E-state index < -0.39 is 23.3 Å². The van der Waals surface area contributed by atoms with E-state index in [4.69, 9.17) is 22.1 Å². The smallest absolute Gasteiger partial charge is 0.224 e. The standard InChI is InChI=1S/C20H24ClFN6O2.ClH/c1-3-30-14-5-4-13(21)16(22)20(14,12-6-8-24-19(12)29)7-9-28-18-15(11(2)27-28)17(23)25-10-26-18;/h4-5,10,12,14H,3,6-9H2,1-2H3,(H,24,29)(H2,23,25,26);1H/t12?,14?,20-;/m0./s1. The van der Waals surface area contributed by atoms with Gasteiger partial charge in [0.1, 0.15) is 18.0 Å². The van der Waals surface area contributed by atoms with Crippen molar-refractivity contribution in [2.24, 2.45) is 11.3 Å². The molecule has 11 heteroatoms. The molecule has 0 spiro atoms. The van der Waals surface area contributed by atoms with Crippen molar-refractivity contribution in [3.8, 4) is 0 Å². The number of fused-ring (bicyclic) bond motifs is 1. The number of aromatic nitrogens is 4. The van der Waals surface area contributed by atoms with Gasteiger partial charge in [-0.05, 0) is 32.8 Å². The van der Waals surface area contributed by atoms with Crippen molar-refractivity contribution in [2.75, 3.05) is 18.9 Å². The maximum Gasteiger partial charge on any atom is 0.224 e. The molecule has 2 aromatic rings. The molecule has 3 N–H and O–H groups in total. The Morgan fingerprint density at radius 1 is 1.45 bits per heavy atom. The number of allylic oxidation sites excluding steroid dienone is 2. The molecule has 1 aliphatic heterocycles. The van der Waals surface area contributed by atoms with E-state index in [0.29, 0.717) is 48.7 Å². The molecule has 1 amide bonds. The topological polar surface area (TPSA) is 108 Å². The molecule has 0 aromatic carbocycles. The number of ether oxygens (including phenoxy) is 1. The molecule has 31 heavy (non-hydrogen) atoms. The summed E-state index contributed by atoms with van der Waals surface area (Å²) in [5.74, 6) is -0.969. The van der Waals surface area contributed by atoms with Crippen LogP contribution in [-0.2, 0) is 16.1 Å². The van der Waals surface area contributed by atoms with Crippen molar-refractivity contribution in [1.82, 2.24) is 25.1 Å². The summed E-state index contributed by atoms with van der Waals surface area (Å²) in [5, 5.41) is 8.02. The number of rotatable bonds is 6. The zero-order valence-electron chi connectivity index (χ0n) is 17.3. The summed E-state index contributed by atoms with van der Waals surface area (Å²) in [5.41, 5.74) is 6.01. The molecule has 3 atom stereocenters. The van der Waals surface area contributed by atoms with Crippen LogP contribution in [0.4, 0.5) is 10.2 Å². The molecule has 1 fully saturated rings. The van der Waals surface area contributed by atoms with Gasteiger partial charge in [0.15, 0.2) is 5.65 Å². The Morgan fingerprint density at radius 3 is 2.90 bits per heavy atom. The lowest BCUT2D eigenvalue weighted by atomic mass is 9.65. The Hall–Kier alpha value is -2.23. The Morgan fingerprint density at radius 2 is 2.23 bits per heavy atom. The van der Waals surface area contributed by atoms with E-state index in [0.717, 1.165) is 0 Å². The largest absolute Gasteiger partial charge is 0.383 e. The zero-order valence-corrected chi connectivity index (χ0v) is 18.8. The summed E-state index contributed by atoms with van der Waals surface area (Å²) in [4.78, 5) is 21.0. The van der Waals surface area contributed by atoms with Gasteiger partial charge in [-0.2, -0.15) is 5.10 Å². The fourth-order valence-electron chi connectivity index (χ4n) is 4.67. The van der Waals surface area contributed by atoms with Gasteiger partial charge < -0.3 is 15.8 Å². The highest BCUT2D eigenvalue weighted by molar-refractivity contribution is 6.31. The molecule has 2 unspecified atom stereocenters. The lowest BCUT2D eigenvalue weighted by Crippen LogP contribution is -2.48. The van der Waals surface area contributed by atoms with Gasteiger partial charge in [-0.3, -0.25) is 4.79 Å². The number of hydrogen-bond donors (Lipinski definition) is 2. The van der Waals surface area contributed by atoms with Gasteiger partial charge in [0, 0.05) is 19.7 Å². The average Bonchev–Trinajstić information content (AvgIpc) is 3.29. The fourth-order valence-corrected chi connectivity index (χ4v) is 4.92. The number of nitrogens with one attached hydrogen (secondary N) is 1. The lowest BCUT2D eigenvalue weighted by Gasteiger charge is -2.43. The molecular weight excluding hydrogens is 446 g/mol. The van der Waals surface area contributed by atoms with Crippen molar-refractivity contribution in [2.45, 2.75) is 39.3 Å². The molecule has 2 aromatic heterocycles. The molecular formula is C20H25Cl2FN6O2. The Balaban J connectivity index is 0.00000272. The van der Waals surface area contributed by atoms with Crippen LogP contribution >= 0.6 is 24.0 Å². The molecule has 3 heterocycles. The van der Waals surface area contributed by atoms with Crippen LogP contribution in [0.15, 0.2) is 29.3 Å². The van der Waals surface area contributed by atoms with Crippen LogP contribution in [0, 0.1) is 18.3 Å². The molecule has 4 rings (SSSR count). The van der Waals surface area contributed by atoms with Gasteiger partial charge >= 0.3 is 0 Å². The fraction of sp³-hybridized carbons (Fsp3) is 0.500. The number of halogens is 3. The predicted molar refractivity (Wildman–Crippen MR) is 118 cm³/mol. The van der Waals surface area contributed by atoms with Crippen LogP contribution in [0.1, 0.15) is 25.5 Å². The number of carbonyl (C=O) groups excluding carboxylic acids is 1. The van der Waals surface area contributed by atoms with Crippen LogP contribution in [0.5, 0.6) is 0 Å². The first-order valence-corrected chi connectivity index (χ1v) is 10.3. The zero-order chi connectivity index (χ0) is 21.5. The molecule has 1 aliphatic carbocycles. The average molecular weight is 471 g/mol. The summed E-state index contributed by atoms with van der Waals surface area (Å²) >= 11 is 6.22. The van der Waals surface area contributed by atoms with Crippen LogP contribution in [0.2, 0.25) is 0 Å². The second kappa shape index (κ2) is 9.10. The van der Waals surface area contributed by atoms with Crippen LogP contribution in [0.3, 0.4) is 0 Å². The summed E-state index contributed by atoms with van der Waals surface area (Å²) in [6.45, 7) is 4.84. The summed E-state index contributed by atoms with van der Waals surface area (Å²) < 4.78 is 23.3. The number of nitrogens with zero attached hydrogens (tertiary/aromatic N) is 4. The van der Waals surface area contributed by atoms with E-state index in [1.807, 2.05) is 13.8 Å². The first-order valence-electron chi connectivity index (χ1n) is 9.97. The number of aryl methyl sites for hydroxylation is 2. The Kier molecular flexibility index (Phi) is 6.88. The van der Waals surface area contributed by atoms with E-state index >= 15 is 4.39 Å². The van der Waals surface area contributed by atoms with Crippen molar-refractivity contribution in [3.63, 3.8) is 0 Å². The minimum Gasteiger partial charge on any atom is -0.383 e. The SMILES string of the molecule is CCOC1C=CC(Cl)=C(F)[C@@]1(CCn1nc(C)c2c(N)ncnc21)C1CCNC1=O.Cl.